The summed E-state index contributed by atoms with van der Waals surface area (Å²) in [5.41, 5.74) is 0.779. The fraction of sp³-hybridized carbons (Fsp3) is 0.571. The lowest BCUT2D eigenvalue weighted by molar-refractivity contribution is -0.305. The van der Waals surface area contributed by atoms with Crippen molar-refractivity contribution in [3.63, 3.8) is 0 Å². The maximum atomic E-state index is 10.4. The van der Waals surface area contributed by atoms with E-state index in [1.807, 2.05) is 0 Å². The molecule has 0 amide bonds. The number of aliphatic hydroxyl groups excluding tert-OH is 3. The van der Waals surface area contributed by atoms with Crippen LogP contribution in [0.25, 0.3) is 11.2 Å². The van der Waals surface area contributed by atoms with Crippen LogP contribution in [0.2, 0.25) is 0 Å². The number of carboxylic acid groups (broad SMARTS) is 1. The molecule has 1 aliphatic heterocycles. The van der Waals surface area contributed by atoms with Crippen LogP contribution in [0.3, 0.4) is 0 Å². The van der Waals surface area contributed by atoms with Crippen molar-refractivity contribution in [1.82, 2.24) is 19.5 Å². The lowest BCUT2D eigenvalue weighted by Gasteiger charge is -2.16. The van der Waals surface area contributed by atoms with Crippen molar-refractivity contribution >= 4 is 23.0 Å². The summed E-state index contributed by atoms with van der Waals surface area (Å²) in [6, 6.07) is 0. The molecule has 3 rings (SSSR count). The van der Waals surface area contributed by atoms with E-state index in [-0.39, 0.29) is 6.42 Å². The molecule has 0 bridgehead atoms. The largest absolute Gasteiger partial charge is 0.550 e. The van der Waals surface area contributed by atoms with Crippen LogP contribution < -0.4 is 10.4 Å². The molecule has 1 fully saturated rings. The smallest absolute Gasteiger partial charge is 0.167 e. The molecular weight excluding hydrogens is 334 g/mol. The first kappa shape index (κ1) is 17.5. The van der Waals surface area contributed by atoms with Crippen LogP contribution in [0.1, 0.15) is 19.1 Å². The van der Waals surface area contributed by atoms with Gasteiger partial charge in [0.25, 0.3) is 0 Å². The van der Waals surface area contributed by atoms with Crippen LogP contribution >= 0.6 is 0 Å². The van der Waals surface area contributed by atoms with Crippen LogP contribution in [-0.4, -0.2) is 72.3 Å². The molecular formula is C14H18N5O6-. The summed E-state index contributed by atoms with van der Waals surface area (Å²) in [6.07, 6.45) is -1.34. The van der Waals surface area contributed by atoms with Gasteiger partial charge in [-0.3, -0.25) is 4.57 Å². The maximum Gasteiger partial charge on any atom is 0.167 e. The second-order valence-corrected chi connectivity index (χ2v) is 5.68. The molecule has 11 nitrogen and oxygen atoms in total. The summed E-state index contributed by atoms with van der Waals surface area (Å²) in [5.74, 6) is -0.711. The van der Waals surface area contributed by atoms with Gasteiger partial charge in [-0.1, -0.05) is 0 Å². The molecule has 0 radical (unpaired) electrons. The number of fused-ring (bicyclic) bond motifs is 1. The van der Waals surface area contributed by atoms with Gasteiger partial charge >= 0.3 is 0 Å². The van der Waals surface area contributed by atoms with Crippen LogP contribution in [0, 0.1) is 0 Å². The average Bonchev–Trinajstić information content (AvgIpc) is 3.14. The molecule has 136 valence electrons. The number of hydrogen-bond donors (Lipinski definition) is 4. The number of hydrogen-bond acceptors (Lipinski definition) is 10. The lowest BCUT2D eigenvalue weighted by Crippen LogP contribution is -2.33. The molecule has 11 heteroatoms. The van der Waals surface area contributed by atoms with Crippen molar-refractivity contribution in [3.8, 4) is 0 Å². The van der Waals surface area contributed by atoms with E-state index < -0.39 is 37.1 Å². The van der Waals surface area contributed by atoms with E-state index in [0.717, 1.165) is 0 Å². The molecule has 1 saturated heterocycles. The Hall–Kier alpha value is -2.34. The van der Waals surface area contributed by atoms with Crippen molar-refractivity contribution in [3.05, 3.63) is 12.7 Å². The number of aliphatic carboxylic acids is 1. The molecule has 25 heavy (non-hydrogen) atoms. The highest BCUT2D eigenvalue weighted by Crippen LogP contribution is 2.31. The molecule has 4 atom stereocenters. The highest BCUT2D eigenvalue weighted by molar-refractivity contribution is 5.82. The third-order valence-electron chi connectivity index (χ3n) is 4.00. The Morgan fingerprint density at radius 2 is 2.12 bits per heavy atom. The van der Waals surface area contributed by atoms with Crippen molar-refractivity contribution in [1.29, 1.82) is 0 Å². The standard InChI is InChI=1S/C14H19N5O6/c20-4-7-10(23)11(24)14(25-7)19-6-18-9-12(16-5-17-13(9)19)15-3-1-2-8(21)22/h5-7,10-11,14,20,23-24H,1-4H2,(H,21,22)(H,15,16,17)/p-1/t7-,10+,11-,14-/m0/s1. The van der Waals surface area contributed by atoms with Gasteiger partial charge < -0.3 is 35.3 Å². The number of carbonyl (C=O) groups excluding carboxylic acids is 1. The van der Waals surface area contributed by atoms with Gasteiger partial charge in [0.15, 0.2) is 23.2 Å². The number of rotatable bonds is 7. The number of ether oxygens (including phenoxy) is 1. The second kappa shape index (κ2) is 7.27. The quantitative estimate of drug-likeness (QED) is 0.387. The van der Waals surface area contributed by atoms with Gasteiger partial charge in [-0.25, -0.2) is 15.0 Å². The Kier molecular flexibility index (Phi) is 5.08. The zero-order valence-electron chi connectivity index (χ0n) is 13.1. The minimum absolute atomic E-state index is 0.0712. The van der Waals surface area contributed by atoms with Crippen molar-refractivity contribution < 1.29 is 30.0 Å². The number of anilines is 1. The molecule has 1 aliphatic rings. The summed E-state index contributed by atoms with van der Waals surface area (Å²) in [6.45, 7) is -0.0671. The monoisotopic (exact) mass is 352 g/mol. The van der Waals surface area contributed by atoms with Crippen molar-refractivity contribution in [2.45, 2.75) is 37.4 Å². The molecule has 0 unspecified atom stereocenters. The van der Waals surface area contributed by atoms with E-state index in [0.29, 0.717) is 29.9 Å². The molecule has 4 N–H and O–H groups in total. The van der Waals surface area contributed by atoms with Gasteiger partial charge in [-0.05, 0) is 12.8 Å². The predicted molar refractivity (Wildman–Crippen MR) is 81.1 cm³/mol. The summed E-state index contributed by atoms with van der Waals surface area (Å²) in [5, 5.41) is 42.6. The van der Waals surface area contributed by atoms with Crippen LogP contribution in [-0.2, 0) is 9.53 Å². The molecule has 3 heterocycles. The zero-order valence-corrected chi connectivity index (χ0v) is 13.1. The Morgan fingerprint density at radius 3 is 2.80 bits per heavy atom. The first-order valence-electron chi connectivity index (χ1n) is 7.76. The first-order valence-corrected chi connectivity index (χ1v) is 7.76. The highest BCUT2D eigenvalue weighted by Gasteiger charge is 2.44. The molecule has 2 aromatic rings. The number of carboxylic acids is 1. The minimum atomic E-state index is -1.25. The number of aliphatic hydroxyl groups is 3. The average molecular weight is 352 g/mol. The molecule has 0 aromatic carbocycles. The summed E-state index contributed by atoms with van der Waals surface area (Å²) in [7, 11) is 0. The van der Waals surface area contributed by atoms with Crippen molar-refractivity contribution in [2.24, 2.45) is 0 Å². The fourth-order valence-corrected chi connectivity index (χ4v) is 2.72. The van der Waals surface area contributed by atoms with E-state index in [2.05, 4.69) is 20.3 Å². The SMILES string of the molecule is O=C([O-])CCCNc1ncnc2c1ncn2[C@H]1O[C@@H](CO)[C@@H](O)[C@@H]1O. The highest BCUT2D eigenvalue weighted by atomic mass is 16.6. The summed E-state index contributed by atoms with van der Waals surface area (Å²) in [4.78, 5) is 22.8. The zero-order chi connectivity index (χ0) is 18.0. The topological polar surface area (TPSA) is 166 Å². The van der Waals surface area contributed by atoms with E-state index in [1.54, 1.807) is 0 Å². The fourth-order valence-electron chi connectivity index (χ4n) is 2.72. The molecule has 0 saturated carbocycles. The number of imidazole rings is 1. The first-order chi connectivity index (χ1) is 12.0. The Balaban J connectivity index is 1.80. The summed E-state index contributed by atoms with van der Waals surface area (Å²) < 4.78 is 6.92. The molecule has 0 aliphatic carbocycles. The van der Waals surface area contributed by atoms with Gasteiger partial charge in [0.1, 0.15) is 24.6 Å². The second-order valence-electron chi connectivity index (χ2n) is 5.68. The molecule has 0 spiro atoms. The van der Waals surface area contributed by atoms with Gasteiger partial charge in [0.2, 0.25) is 0 Å². The van der Waals surface area contributed by atoms with Gasteiger partial charge in [-0.2, -0.15) is 0 Å². The van der Waals surface area contributed by atoms with E-state index in [1.165, 1.54) is 17.2 Å². The number of nitrogens with zero attached hydrogens (tertiary/aromatic N) is 4. The van der Waals surface area contributed by atoms with Gasteiger partial charge in [-0.15, -0.1) is 0 Å². The van der Waals surface area contributed by atoms with E-state index in [9.17, 15) is 25.2 Å². The molecule has 2 aromatic heterocycles. The Bertz CT molecular complexity index is 752. The lowest BCUT2D eigenvalue weighted by atomic mass is 10.1. The van der Waals surface area contributed by atoms with Crippen LogP contribution in [0.5, 0.6) is 0 Å². The van der Waals surface area contributed by atoms with E-state index >= 15 is 0 Å². The van der Waals surface area contributed by atoms with Crippen molar-refractivity contribution in [2.75, 3.05) is 18.5 Å². The number of nitrogens with one attached hydrogen (secondary N) is 1. The van der Waals surface area contributed by atoms with Crippen LogP contribution in [0.15, 0.2) is 12.7 Å². The van der Waals surface area contributed by atoms with Gasteiger partial charge in [0.05, 0.1) is 12.9 Å². The maximum absolute atomic E-state index is 10.4. The van der Waals surface area contributed by atoms with Gasteiger partial charge in [0, 0.05) is 12.5 Å². The Labute approximate surface area is 141 Å². The number of aromatic nitrogens is 4. The minimum Gasteiger partial charge on any atom is -0.550 e. The Morgan fingerprint density at radius 1 is 1.32 bits per heavy atom. The summed E-state index contributed by atoms with van der Waals surface area (Å²) >= 11 is 0. The van der Waals surface area contributed by atoms with Crippen LogP contribution in [0.4, 0.5) is 5.82 Å². The van der Waals surface area contributed by atoms with E-state index in [4.69, 9.17) is 4.74 Å². The predicted octanol–water partition coefficient (Wildman–Crippen LogP) is -2.62. The third kappa shape index (κ3) is 3.39. The third-order valence-corrected chi connectivity index (χ3v) is 4.00. The number of carbonyl (C=O) groups is 1. The normalized spacial score (nSPS) is 26.2.